The van der Waals surface area contributed by atoms with Gasteiger partial charge in [0, 0.05) is 12.4 Å². The predicted molar refractivity (Wildman–Crippen MR) is 52.0 cm³/mol. The fourth-order valence-corrected chi connectivity index (χ4v) is 2.58. The lowest BCUT2D eigenvalue weighted by molar-refractivity contribution is 0.594. The molecular weight excluding hydrogens is 186 g/mol. The van der Waals surface area contributed by atoms with Crippen molar-refractivity contribution in [3.63, 3.8) is 0 Å². The number of pyridine rings is 1. The predicted octanol–water partition coefficient (Wildman–Crippen LogP) is 1.41. The topological polar surface area (TPSA) is 47.0 Å². The van der Waals surface area contributed by atoms with Crippen LogP contribution in [0.1, 0.15) is 18.9 Å². The summed E-state index contributed by atoms with van der Waals surface area (Å²) in [5, 5.41) is 0. The maximum atomic E-state index is 11.4. The molecule has 0 aliphatic carbocycles. The largest absolute Gasteiger partial charge is 0.265 e. The Morgan fingerprint density at radius 3 is 2.46 bits per heavy atom. The Morgan fingerprint density at radius 1 is 1.31 bits per heavy atom. The molecule has 0 saturated heterocycles. The van der Waals surface area contributed by atoms with Gasteiger partial charge in [0.25, 0.3) is 0 Å². The van der Waals surface area contributed by atoms with Crippen LogP contribution in [-0.4, -0.2) is 19.2 Å². The first kappa shape index (κ1) is 10.2. The Bertz CT molecular complexity index is 345. The van der Waals surface area contributed by atoms with Crippen LogP contribution in [-0.2, 0) is 15.6 Å². The van der Waals surface area contributed by atoms with Crippen molar-refractivity contribution < 1.29 is 8.42 Å². The standard InChI is InChI=1S/C9H13NO2S/c1-2-7-13(11,12)8-9-3-5-10-6-4-9/h3-6H,2,7-8H2,1H3. The Kier molecular flexibility index (Phi) is 3.42. The van der Waals surface area contributed by atoms with E-state index in [0.29, 0.717) is 6.42 Å². The normalized spacial score (nSPS) is 11.5. The van der Waals surface area contributed by atoms with Crippen LogP contribution in [0.5, 0.6) is 0 Å². The lowest BCUT2D eigenvalue weighted by Crippen LogP contribution is -2.08. The summed E-state index contributed by atoms with van der Waals surface area (Å²) in [5.74, 6) is 0.388. The van der Waals surface area contributed by atoms with Crippen LogP contribution in [0.15, 0.2) is 24.5 Å². The third-order valence-electron chi connectivity index (χ3n) is 1.65. The molecule has 72 valence electrons. The van der Waals surface area contributed by atoms with E-state index in [1.54, 1.807) is 24.5 Å². The molecule has 1 rings (SSSR count). The molecule has 0 unspecified atom stereocenters. The summed E-state index contributed by atoms with van der Waals surface area (Å²) in [6, 6.07) is 3.46. The zero-order chi connectivity index (χ0) is 9.73. The fraction of sp³-hybridized carbons (Fsp3) is 0.444. The van der Waals surface area contributed by atoms with Crippen LogP contribution < -0.4 is 0 Å². The van der Waals surface area contributed by atoms with Crippen LogP contribution >= 0.6 is 0 Å². The van der Waals surface area contributed by atoms with Gasteiger partial charge in [0.1, 0.15) is 0 Å². The Hall–Kier alpha value is -0.900. The lowest BCUT2D eigenvalue weighted by atomic mass is 10.3. The quantitative estimate of drug-likeness (QED) is 0.736. The van der Waals surface area contributed by atoms with Gasteiger partial charge in [-0.1, -0.05) is 6.92 Å². The fourth-order valence-electron chi connectivity index (χ4n) is 1.12. The number of aromatic nitrogens is 1. The summed E-state index contributed by atoms with van der Waals surface area (Å²) < 4.78 is 22.8. The van der Waals surface area contributed by atoms with Gasteiger partial charge in [-0.25, -0.2) is 8.42 Å². The first-order valence-corrected chi connectivity index (χ1v) is 6.05. The monoisotopic (exact) mass is 199 g/mol. The molecule has 4 heteroatoms. The molecular formula is C9H13NO2S. The van der Waals surface area contributed by atoms with Crippen molar-refractivity contribution in [1.82, 2.24) is 4.98 Å². The van der Waals surface area contributed by atoms with Gasteiger partial charge in [-0.15, -0.1) is 0 Å². The Morgan fingerprint density at radius 2 is 1.92 bits per heavy atom. The highest BCUT2D eigenvalue weighted by Crippen LogP contribution is 2.05. The van der Waals surface area contributed by atoms with Gasteiger partial charge < -0.3 is 0 Å². The van der Waals surface area contributed by atoms with E-state index in [4.69, 9.17) is 0 Å². The second kappa shape index (κ2) is 4.37. The lowest BCUT2D eigenvalue weighted by Gasteiger charge is -2.01. The average Bonchev–Trinajstić information content (AvgIpc) is 2.04. The highest BCUT2D eigenvalue weighted by Gasteiger charge is 2.09. The van der Waals surface area contributed by atoms with Crippen molar-refractivity contribution in [2.75, 3.05) is 5.75 Å². The SMILES string of the molecule is CCCS(=O)(=O)Cc1ccncc1. The van der Waals surface area contributed by atoms with Crippen molar-refractivity contribution in [2.24, 2.45) is 0 Å². The molecule has 0 aliphatic heterocycles. The second-order valence-electron chi connectivity index (χ2n) is 2.95. The first-order chi connectivity index (χ1) is 6.14. The van der Waals surface area contributed by atoms with E-state index in [0.717, 1.165) is 5.56 Å². The molecule has 0 radical (unpaired) electrons. The molecule has 3 nitrogen and oxygen atoms in total. The van der Waals surface area contributed by atoms with Crippen molar-refractivity contribution in [2.45, 2.75) is 19.1 Å². The Balaban J connectivity index is 2.70. The minimum Gasteiger partial charge on any atom is -0.265 e. The average molecular weight is 199 g/mol. The third kappa shape index (κ3) is 3.55. The maximum absolute atomic E-state index is 11.4. The maximum Gasteiger partial charge on any atom is 0.154 e. The third-order valence-corrected chi connectivity index (χ3v) is 3.45. The molecule has 1 aromatic heterocycles. The summed E-state index contributed by atoms with van der Waals surface area (Å²) in [6.07, 6.45) is 3.89. The molecule has 0 amide bonds. The van der Waals surface area contributed by atoms with Crippen molar-refractivity contribution >= 4 is 9.84 Å². The van der Waals surface area contributed by atoms with E-state index in [2.05, 4.69) is 4.98 Å². The first-order valence-electron chi connectivity index (χ1n) is 4.23. The van der Waals surface area contributed by atoms with Gasteiger partial charge in [0.2, 0.25) is 0 Å². The molecule has 0 aliphatic rings. The molecule has 1 heterocycles. The van der Waals surface area contributed by atoms with Crippen molar-refractivity contribution in [1.29, 1.82) is 0 Å². The van der Waals surface area contributed by atoms with Crippen LogP contribution in [0.2, 0.25) is 0 Å². The summed E-state index contributed by atoms with van der Waals surface area (Å²) >= 11 is 0. The number of rotatable bonds is 4. The summed E-state index contributed by atoms with van der Waals surface area (Å²) in [5.41, 5.74) is 0.809. The molecule has 0 spiro atoms. The van der Waals surface area contributed by atoms with Gasteiger partial charge in [0.15, 0.2) is 9.84 Å². The van der Waals surface area contributed by atoms with Gasteiger partial charge in [-0.2, -0.15) is 0 Å². The highest BCUT2D eigenvalue weighted by molar-refractivity contribution is 7.90. The number of hydrogen-bond acceptors (Lipinski definition) is 3. The van der Waals surface area contributed by atoms with Crippen molar-refractivity contribution in [3.05, 3.63) is 30.1 Å². The van der Waals surface area contributed by atoms with Crippen LogP contribution in [0.3, 0.4) is 0 Å². The summed E-state index contributed by atoms with van der Waals surface area (Å²) in [7, 11) is -2.91. The number of hydrogen-bond donors (Lipinski definition) is 0. The molecule has 0 atom stereocenters. The minimum absolute atomic E-state index is 0.128. The zero-order valence-electron chi connectivity index (χ0n) is 7.60. The molecule has 0 aromatic carbocycles. The van der Waals surface area contributed by atoms with E-state index in [1.165, 1.54) is 0 Å². The molecule has 13 heavy (non-hydrogen) atoms. The van der Waals surface area contributed by atoms with Crippen molar-refractivity contribution in [3.8, 4) is 0 Å². The van der Waals surface area contributed by atoms with E-state index < -0.39 is 9.84 Å². The number of nitrogens with zero attached hydrogens (tertiary/aromatic N) is 1. The van der Waals surface area contributed by atoms with E-state index in [-0.39, 0.29) is 11.5 Å². The highest BCUT2D eigenvalue weighted by atomic mass is 32.2. The summed E-state index contributed by atoms with van der Waals surface area (Å²) in [4.78, 5) is 3.83. The molecule has 1 aromatic rings. The molecule has 0 saturated carbocycles. The van der Waals surface area contributed by atoms with Gasteiger partial charge in [-0.05, 0) is 24.1 Å². The molecule has 0 bridgehead atoms. The van der Waals surface area contributed by atoms with Crippen LogP contribution in [0.4, 0.5) is 0 Å². The van der Waals surface area contributed by atoms with E-state index in [1.807, 2.05) is 6.92 Å². The van der Waals surface area contributed by atoms with Crippen LogP contribution in [0.25, 0.3) is 0 Å². The van der Waals surface area contributed by atoms with Gasteiger partial charge >= 0.3 is 0 Å². The van der Waals surface area contributed by atoms with E-state index in [9.17, 15) is 8.42 Å². The van der Waals surface area contributed by atoms with Gasteiger partial charge in [-0.3, -0.25) is 4.98 Å². The minimum atomic E-state index is -2.91. The second-order valence-corrected chi connectivity index (χ2v) is 5.13. The van der Waals surface area contributed by atoms with E-state index >= 15 is 0 Å². The smallest absolute Gasteiger partial charge is 0.154 e. The summed E-state index contributed by atoms with van der Waals surface area (Å²) in [6.45, 7) is 1.87. The molecule has 0 N–H and O–H groups in total. The van der Waals surface area contributed by atoms with Crippen LogP contribution in [0, 0.1) is 0 Å². The zero-order valence-corrected chi connectivity index (χ0v) is 8.42. The molecule has 0 fully saturated rings. The number of sulfone groups is 1. The van der Waals surface area contributed by atoms with Gasteiger partial charge in [0.05, 0.1) is 11.5 Å². The Labute approximate surface area is 78.7 Å².